The highest BCUT2D eigenvalue weighted by Gasteiger charge is 2.90. The third-order valence-corrected chi connectivity index (χ3v) is 4.98. The van der Waals surface area contributed by atoms with Crippen molar-refractivity contribution in [2.24, 2.45) is 0 Å². The molecule has 0 amide bonds. The first-order valence-corrected chi connectivity index (χ1v) is 8.72. The molecule has 2 nitrogen and oxygen atoms in total. The monoisotopic (exact) mass is 511 g/mol. The quantitative estimate of drug-likeness (QED) is 0.341. The molecule has 0 aliphatic rings. The van der Waals surface area contributed by atoms with E-state index in [1.165, 1.54) is 31.1 Å². The lowest BCUT2D eigenvalue weighted by molar-refractivity contribution is -0.441. The summed E-state index contributed by atoms with van der Waals surface area (Å²) in [5.41, 5.74) is -2.63. The number of rotatable bonds is 9. The van der Waals surface area contributed by atoms with Crippen LogP contribution in [0.3, 0.4) is 0 Å². The molecule has 1 rings (SSSR count). The molecular weight excluding hydrogens is 493 g/mol. The zero-order valence-corrected chi connectivity index (χ0v) is 17.3. The summed E-state index contributed by atoms with van der Waals surface area (Å²) in [7, 11) is 3.64. The Morgan fingerprint density at radius 2 is 1.18 bits per heavy atom. The number of hydrogen-bond donors (Lipinski definition) is 0. The molecule has 0 aliphatic carbocycles. The van der Waals surface area contributed by atoms with E-state index < -0.39 is 47.8 Å². The standard InChI is InChI=1S/C18H18F13NO/c1-12(33-4,10-6-5-7-11(8-10)32(2)3)9-13(19,20)14(21,22)15(23,24)16(25,26)17(27,28)18(29,30)31/h5-8H,9H2,1-4H3. The van der Waals surface area contributed by atoms with E-state index >= 15 is 0 Å². The van der Waals surface area contributed by atoms with Gasteiger partial charge in [-0.3, -0.25) is 0 Å². The molecule has 192 valence electrons. The first kappa shape index (κ1) is 29.1. The molecule has 1 aromatic rings. The third kappa shape index (κ3) is 4.56. The van der Waals surface area contributed by atoms with Crippen molar-refractivity contribution in [1.82, 2.24) is 0 Å². The molecule has 0 aliphatic heterocycles. The fourth-order valence-corrected chi connectivity index (χ4v) is 2.74. The van der Waals surface area contributed by atoms with Crippen LogP contribution in [0.1, 0.15) is 18.9 Å². The average Bonchev–Trinajstić information content (AvgIpc) is 2.66. The number of anilines is 1. The molecule has 1 aromatic carbocycles. The van der Waals surface area contributed by atoms with Gasteiger partial charge in [-0.05, 0) is 24.6 Å². The SMILES string of the molecule is COC(C)(CC(F)(F)C(F)(F)C(F)(F)C(F)(F)C(F)(F)C(F)(F)F)c1cccc(N(C)C)c1. The van der Waals surface area contributed by atoms with Crippen molar-refractivity contribution in [1.29, 1.82) is 0 Å². The van der Waals surface area contributed by atoms with Gasteiger partial charge in [0.05, 0.1) is 12.0 Å². The Kier molecular flexibility index (Phi) is 7.39. The maximum absolute atomic E-state index is 14.4. The van der Waals surface area contributed by atoms with Crippen molar-refractivity contribution >= 4 is 5.69 Å². The summed E-state index contributed by atoms with van der Waals surface area (Å²) >= 11 is 0. The Balaban J connectivity index is 3.54. The smallest absolute Gasteiger partial charge is 0.378 e. The molecule has 0 N–H and O–H groups in total. The van der Waals surface area contributed by atoms with Crippen molar-refractivity contribution in [2.75, 3.05) is 26.1 Å². The van der Waals surface area contributed by atoms with Gasteiger partial charge in [-0.15, -0.1) is 0 Å². The summed E-state index contributed by atoms with van der Waals surface area (Å²) in [6.07, 6.45) is -9.93. The molecule has 0 aromatic heterocycles. The molecule has 0 heterocycles. The van der Waals surface area contributed by atoms with Crippen molar-refractivity contribution in [3.8, 4) is 0 Å². The molecule has 0 saturated heterocycles. The van der Waals surface area contributed by atoms with E-state index in [-0.39, 0.29) is 11.3 Å². The second-order valence-electron chi connectivity index (χ2n) is 7.56. The van der Waals surface area contributed by atoms with Gasteiger partial charge in [0.25, 0.3) is 0 Å². The van der Waals surface area contributed by atoms with E-state index in [4.69, 9.17) is 4.74 Å². The predicted octanol–water partition coefficient (Wildman–Crippen LogP) is 6.74. The van der Waals surface area contributed by atoms with Crippen molar-refractivity contribution < 1.29 is 61.8 Å². The largest absolute Gasteiger partial charge is 0.460 e. The summed E-state index contributed by atoms with van der Waals surface area (Å²) < 4.78 is 178. The second-order valence-corrected chi connectivity index (χ2v) is 7.56. The number of hydrogen-bond acceptors (Lipinski definition) is 2. The summed E-state index contributed by atoms with van der Waals surface area (Å²) in [4.78, 5) is 1.42. The van der Waals surface area contributed by atoms with Crippen molar-refractivity contribution in [2.45, 2.75) is 54.7 Å². The van der Waals surface area contributed by atoms with Crippen LogP contribution < -0.4 is 4.90 Å². The Labute approximate surface area is 179 Å². The Bertz CT molecular complexity index is 835. The average molecular weight is 511 g/mol. The second kappa shape index (κ2) is 8.38. The maximum Gasteiger partial charge on any atom is 0.460 e. The molecule has 15 heteroatoms. The molecule has 0 spiro atoms. The lowest BCUT2D eigenvalue weighted by Crippen LogP contribution is -2.70. The van der Waals surface area contributed by atoms with Gasteiger partial charge >= 0.3 is 35.8 Å². The molecule has 0 fully saturated rings. The molecule has 0 radical (unpaired) electrons. The zero-order valence-electron chi connectivity index (χ0n) is 17.3. The van der Waals surface area contributed by atoms with Crippen molar-refractivity contribution in [3.05, 3.63) is 29.8 Å². The number of halogens is 13. The fraction of sp³-hybridized carbons (Fsp3) is 0.667. The zero-order chi connectivity index (χ0) is 26.5. The number of benzene rings is 1. The number of alkyl halides is 13. The van der Waals surface area contributed by atoms with Gasteiger partial charge in [0.15, 0.2) is 0 Å². The first-order chi connectivity index (χ1) is 14.4. The van der Waals surface area contributed by atoms with E-state index in [2.05, 4.69) is 0 Å². The Hall–Kier alpha value is -1.93. The summed E-state index contributed by atoms with van der Waals surface area (Å²) in [5.74, 6) is -37.1. The lowest BCUT2D eigenvalue weighted by atomic mass is 9.84. The Morgan fingerprint density at radius 1 is 0.727 bits per heavy atom. The van der Waals surface area contributed by atoms with Gasteiger partial charge in [0, 0.05) is 26.9 Å². The summed E-state index contributed by atoms with van der Waals surface area (Å²) in [6.45, 7) is 0.687. The van der Waals surface area contributed by atoms with Crippen LogP contribution >= 0.6 is 0 Å². The van der Waals surface area contributed by atoms with Crippen LogP contribution in [0.15, 0.2) is 24.3 Å². The Morgan fingerprint density at radius 3 is 1.58 bits per heavy atom. The minimum atomic E-state index is -7.93. The van der Waals surface area contributed by atoms with E-state index in [1.54, 1.807) is 0 Å². The highest BCUT2D eigenvalue weighted by molar-refractivity contribution is 5.48. The van der Waals surface area contributed by atoms with Crippen LogP contribution in [0.2, 0.25) is 0 Å². The van der Waals surface area contributed by atoms with E-state index in [9.17, 15) is 57.1 Å². The van der Waals surface area contributed by atoms with E-state index in [1.807, 2.05) is 0 Å². The third-order valence-electron chi connectivity index (χ3n) is 4.98. The van der Waals surface area contributed by atoms with Crippen LogP contribution in [-0.4, -0.2) is 57.0 Å². The van der Waals surface area contributed by atoms with Crippen LogP contribution in [0, 0.1) is 0 Å². The minimum absolute atomic E-state index is 0.285. The summed E-state index contributed by atoms with van der Waals surface area (Å²) in [5, 5.41) is 0. The molecule has 1 atom stereocenters. The normalized spacial score (nSPS) is 16.5. The molecule has 33 heavy (non-hydrogen) atoms. The molecular formula is C18H18F13NO. The van der Waals surface area contributed by atoms with Gasteiger partial charge in [0.2, 0.25) is 0 Å². The van der Waals surface area contributed by atoms with Crippen LogP contribution in [-0.2, 0) is 10.3 Å². The van der Waals surface area contributed by atoms with Gasteiger partial charge in [-0.2, -0.15) is 57.1 Å². The van der Waals surface area contributed by atoms with E-state index in [0.717, 1.165) is 12.1 Å². The molecule has 0 saturated carbocycles. The predicted molar refractivity (Wildman–Crippen MR) is 90.5 cm³/mol. The van der Waals surface area contributed by atoms with Gasteiger partial charge < -0.3 is 9.64 Å². The summed E-state index contributed by atoms with van der Waals surface area (Å²) in [6, 6.07) is 4.78. The molecule has 0 bridgehead atoms. The number of nitrogens with zero attached hydrogens (tertiary/aromatic N) is 1. The highest BCUT2D eigenvalue weighted by atomic mass is 19.4. The fourth-order valence-electron chi connectivity index (χ4n) is 2.74. The lowest BCUT2D eigenvalue weighted by Gasteiger charge is -2.42. The topological polar surface area (TPSA) is 12.5 Å². The number of ether oxygens (including phenoxy) is 1. The van der Waals surface area contributed by atoms with Gasteiger partial charge in [-0.25, -0.2) is 0 Å². The molecule has 1 unspecified atom stereocenters. The van der Waals surface area contributed by atoms with E-state index in [0.29, 0.717) is 14.0 Å². The van der Waals surface area contributed by atoms with Gasteiger partial charge in [-0.1, -0.05) is 12.1 Å². The van der Waals surface area contributed by atoms with Crippen LogP contribution in [0.4, 0.5) is 62.8 Å². The van der Waals surface area contributed by atoms with Crippen molar-refractivity contribution in [3.63, 3.8) is 0 Å². The number of methoxy groups -OCH3 is 1. The van der Waals surface area contributed by atoms with Crippen LogP contribution in [0.5, 0.6) is 0 Å². The minimum Gasteiger partial charge on any atom is -0.378 e. The van der Waals surface area contributed by atoms with Gasteiger partial charge in [0.1, 0.15) is 0 Å². The highest BCUT2D eigenvalue weighted by Crippen LogP contribution is 2.61. The van der Waals surface area contributed by atoms with Crippen LogP contribution in [0.25, 0.3) is 0 Å². The maximum atomic E-state index is 14.4. The first-order valence-electron chi connectivity index (χ1n) is 8.72.